The molecule has 0 saturated heterocycles. The highest BCUT2D eigenvalue weighted by Gasteiger charge is 2.05. The third kappa shape index (κ3) is 1.59. The fraction of sp³-hybridized carbons (Fsp3) is 0. The Kier molecular flexibility index (Phi) is 2.32. The minimum absolute atomic E-state index is 0.138. The third-order valence-electron chi connectivity index (χ3n) is 1.63. The standard InChI is InChI=1S/C8H4Cl2N2S/c9-7-4-2-1-3-5(13)6(4)11-8(10)12-7/h1-3,13H. The number of halogens is 2. The maximum atomic E-state index is 5.86. The summed E-state index contributed by atoms with van der Waals surface area (Å²) in [6, 6.07) is 5.49. The zero-order valence-electron chi connectivity index (χ0n) is 6.33. The molecule has 66 valence electrons. The highest BCUT2D eigenvalue weighted by molar-refractivity contribution is 7.80. The van der Waals surface area contributed by atoms with E-state index in [1.165, 1.54) is 0 Å². The smallest absolute Gasteiger partial charge is 0.217 e. The molecule has 0 fully saturated rings. The molecule has 0 unspecified atom stereocenters. The van der Waals surface area contributed by atoms with Crippen molar-refractivity contribution in [1.29, 1.82) is 0 Å². The van der Waals surface area contributed by atoms with Crippen molar-refractivity contribution in [3.05, 3.63) is 28.6 Å². The summed E-state index contributed by atoms with van der Waals surface area (Å²) in [4.78, 5) is 8.60. The molecule has 2 rings (SSSR count). The molecular weight excluding hydrogens is 227 g/mol. The van der Waals surface area contributed by atoms with Crippen molar-refractivity contribution in [3.8, 4) is 0 Å². The summed E-state index contributed by atoms with van der Waals surface area (Å²) in [5.74, 6) is 0. The third-order valence-corrected chi connectivity index (χ3v) is 2.45. The van der Waals surface area contributed by atoms with Crippen molar-refractivity contribution >= 4 is 46.7 Å². The van der Waals surface area contributed by atoms with E-state index in [9.17, 15) is 0 Å². The van der Waals surface area contributed by atoms with Gasteiger partial charge in [0.15, 0.2) is 0 Å². The number of para-hydroxylation sites is 1. The van der Waals surface area contributed by atoms with E-state index < -0.39 is 0 Å². The molecule has 0 aliphatic carbocycles. The van der Waals surface area contributed by atoms with Crippen LogP contribution in [0.3, 0.4) is 0 Å². The Bertz CT molecular complexity index is 473. The van der Waals surface area contributed by atoms with Gasteiger partial charge in [0.05, 0.1) is 5.52 Å². The average molecular weight is 231 g/mol. The predicted octanol–water partition coefficient (Wildman–Crippen LogP) is 3.23. The minimum atomic E-state index is 0.138. The van der Waals surface area contributed by atoms with Gasteiger partial charge in [-0.1, -0.05) is 17.7 Å². The van der Waals surface area contributed by atoms with Gasteiger partial charge in [0.2, 0.25) is 5.28 Å². The first kappa shape index (κ1) is 9.06. The molecule has 2 aromatic rings. The van der Waals surface area contributed by atoms with Crippen molar-refractivity contribution in [3.63, 3.8) is 0 Å². The van der Waals surface area contributed by atoms with Gasteiger partial charge in [0, 0.05) is 10.3 Å². The van der Waals surface area contributed by atoms with Gasteiger partial charge >= 0.3 is 0 Å². The molecule has 0 N–H and O–H groups in total. The lowest BCUT2D eigenvalue weighted by Crippen LogP contribution is -1.87. The van der Waals surface area contributed by atoms with Crippen LogP contribution in [0, 0.1) is 0 Å². The second-order valence-electron chi connectivity index (χ2n) is 2.46. The van der Waals surface area contributed by atoms with E-state index in [1.807, 2.05) is 18.2 Å². The lowest BCUT2D eigenvalue weighted by Gasteiger charge is -2.01. The second kappa shape index (κ2) is 3.33. The number of hydrogen-bond acceptors (Lipinski definition) is 3. The normalized spacial score (nSPS) is 10.7. The van der Waals surface area contributed by atoms with E-state index in [0.29, 0.717) is 10.7 Å². The number of thiol groups is 1. The van der Waals surface area contributed by atoms with E-state index >= 15 is 0 Å². The molecule has 0 saturated carbocycles. The Morgan fingerprint density at radius 1 is 1.15 bits per heavy atom. The molecule has 0 radical (unpaired) electrons. The lowest BCUT2D eigenvalue weighted by molar-refractivity contribution is 1.20. The number of fused-ring (bicyclic) bond motifs is 1. The molecule has 0 amide bonds. The molecule has 0 aliphatic rings. The zero-order chi connectivity index (χ0) is 9.42. The summed E-state index contributed by atoms with van der Waals surface area (Å²) >= 11 is 15.8. The molecule has 0 aliphatic heterocycles. The summed E-state index contributed by atoms with van der Waals surface area (Å²) in [6.45, 7) is 0. The highest BCUT2D eigenvalue weighted by Crippen LogP contribution is 2.26. The topological polar surface area (TPSA) is 25.8 Å². The van der Waals surface area contributed by atoms with Crippen molar-refractivity contribution in [1.82, 2.24) is 9.97 Å². The van der Waals surface area contributed by atoms with Crippen LogP contribution in [0.1, 0.15) is 0 Å². The van der Waals surface area contributed by atoms with Gasteiger partial charge in [-0.05, 0) is 23.7 Å². The minimum Gasteiger partial charge on any atom is -0.217 e. The number of hydrogen-bond donors (Lipinski definition) is 1. The van der Waals surface area contributed by atoms with Crippen LogP contribution in [0.15, 0.2) is 23.1 Å². The molecule has 1 aromatic heterocycles. The lowest BCUT2D eigenvalue weighted by atomic mass is 10.2. The summed E-state index contributed by atoms with van der Waals surface area (Å²) in [6.07, 6.45) is 0. The molecule has 1 aromatic carbocycles. The van der Waals surface area contributed by atoms with Crippen molar-refractivity contribution in [2.45, 2.75) is 4.90 Å². The molecule has 0 bridgehead atoms. The number of nitrogens with zero attached hydrogens (tertiary/aromatic N) is 2. The highest BCUT2D eigenvalue weighted by atomic mass is 35.5. The molecule has 0 spiro atoms. The van der Waals surface area contributed by atoms with E-state index in [2.05, 4.69) is 22.6 Å². The van der Waals surface area contributed by atoms with E-state index in [1.54, 1.807) is 0 Å². The van der Waals surface area contributed by atoms with Crippen LogP contribution in [0.4, 0.5) is 0 Å². The van der Waals surface area contributed by atoms with Gasteiger partial charge in [-0.15, -0.1) is 12.6 Å². The van der Waals surface area contributed by atoms with Gasteiger partial charge in [0.1, 0.15) is 5.15 Å². The molecule has 0 atom stereocenters. The van der Waals surface area contributed by atoms with Crippen LogP contribution < -0.4 is 0 Å². The van der Waals surface area contributed by atoms with Crippen molar-refractivity contribution in [2.75, 3.05) is 0 Å². The zero-order valence-corrected chi connectivity index (χ0v) is 8.74. The Morgan fingerprint density at radius 2 is 1.92 bits per heavy atom. The second-order valence-corrected chi connectivity index (χ2v) is 3.63. The fourth-order valence-electron chi connectivity index (χ4n) is 1.07. The van der Waals surface area contributed by atoms with Crippen LogP contribution in [-0.4, -0.2) is 9.97 Å². The molecule has 5 heteroatoms. The van der Waals surface area contributed by atoms with Crippen molar-refractivity contribution < 1.29 is 0 Å². The monoisotopic (exact) mass is 230 g/mol. The Balaban J connectivity index is 2.94. The molecule has 1 heterocycles. The van der Waals surface area contributed by atoms with E-state index in [-0.39, 0.29) is 5.28 Å². The maximum absolute atomic E-state index is 5.86. The summed E-state index contributed by atoms with van der Waals surface area (Å²) < 4.78 is 0. The van der Waals surface area contributed by atoms with Crippen LogP contribution in [-0.2, 0) is 0 Å². The summed E-state index contributed by atoms with van der Waals surface area (Å²) in [7, 11) is 0. The van der Waals surface area contributed by atoms with Gasteiger partial charge < -0.3 is 0 Å². The Morgan fingerprint density at radius 3 is 2.69 bits per heavy atom. The van der Waals surface area contributed by atoms with Crippen LogP contribution in [0.5, 0.6) is 0 Å². The molecule has 2 nitrogen and oxygen atoms in total. The number of aromatic nitrogens is 2. The molecule has 13 heavy (non-hydrogen) atoms. The van der Waals surface area contributed by atoms with E-state index in [0.717, 1.165) is 10.3 Å². The summed E-state index contributed by atoms with van der Waals surface area (Å²) in [5, 5.41) is 1.25. The largest absolute Gasteiger partial charge is 0.224 e. The fourth-order valence-corrected chi connectivity index (χ4v) is 1.78. The van der Waals surface area contributed by atoms with Crippen LogP contribution in [0.2, 0.25) is 10.4 Å². The number of benzene rings is 1. The first-order valence-electron chi connectivity index (χ1n) is 3.49. The Labute approximate surface area is 90.3 Å². The maximum Gasteiger partial charge on any atom is 0.224 e. The Hall–Kier alpha value is -0.510. The quantitative estimate of drug-likeness (QED) is 0.428. The average Bonchev–Trinajstić information content (AvgIpc) is 2.07. The van der Waals surface area contributed by atoms with Gasteiger partial charge in [-0.3, -0.25) is 0 Å². The van der Waals surface area contributed by atoms with Crippen LogP contribution in [0.25, 0.3) is 10.9 Å². The first-order valence-corrected chi connectivity index (χ1v) is 4.69. The molecular formula is C8H4Cl2N2S. The van der Waals surface area contributed by atoms with Gasteiger partial charge in [-0.25, -0.2) is 9.97 Å². The summed E-state index contributed by atoms with van der Waals surface area (Å²) in [5.41, 5.74) is 0.677. The SMILES string of the molecule is Sc1cccc2c(Cl)nc(Cl)nc12. The van der Waals surface area contributed by atoms with Crippen LogP contribution >= 0.6 is 35.8 Å². The first-order chi connectivity index (χ1) is 6.18. The van der Waals surface area contributed by atoms with Gasteiger partial charge in [-0.2, -0.15) is 0 Å². The van der Waals surface area contributed by atoms with E-state index in [4.69, 9.17) is 23.2 Å². The number of rotatable bonds is 0. The van der Waals surface area contributed by atoms with Crippen molar-refractivity contribution in [2.24, 2.45) is 0 Å². The predicted molar refractivity (Wildman–Crippen MR) is 56.8 cm³/mol. The van der Waals surface area contributed by atoms with Gasteiger partial charge in [0.25, 0.3) is 0 Å².